The number of imidazole rings is 1. The number of likely N-dealkylation sites (N-methyl/N-ethyl adjacent to an activating group) is 1. The summed E-state index contributed by atoms with van der Waals surface area (Å²) in [6.07, 6.45) is 8.34. The van der Waals surface area contributed by atoms with Crippen molar-refractivity contribution in [3.05, 3.63) is 54.1 Å². The number of amides is 1. The second-order valence-electron chi connectivity index (χ2n) is 7.83. The average molecular weight is 352 g/mol. The standard InChI is InChI=1S/C21H28N4O/c1-3-25-14-18(22-15-25)20(26)23-19(17-7-5-4-6-8-17)21-11-9-16(10-12-21)13-24(21)2/h4-8,14-16,19H,3,9-13H2,1-2H3,(H,23,26). The summed E-state index contributed by atoms with van der Waals surface area (Å²) >= 11 is 0. The number of hydrogen-bond acceptors (Lipinski definition) is 3. The van der Waals surface area contributed by atoms with Crippen LogP contribution in [0.3, 0.4) is 0 Å². The topological polar surface area (TPSA) is 50.2 Å². The molecule has 1 aliphatic carbocycles. The molecule has 3 fully saturated rings. The van der Waals surface area contributed by atoms with E-state index in [0.29, 0.717) is 5.69 Å². The van der Waals surface area contributed by atoms with Crippen molar-refractivity contribution < 1.29 is 4.79 Å². The number of carbonyl (C=O) groups is 1. The normalized spacial score (nSPS) is 26.6. The first-order chi connectivity index (χ1) is 12.6. The van der Waals surface area contributed by atoms with Crippen LogP contribution in [0, 0.1) is 5.92 Å². The van der Waals surface area contributed by atoms with Gasteiger partial charge < -0.3 is 9.88 Å². The smallest absolute Gasteiger partial charge is 0.272 e. The van der Waals surface area contributed by atoms with Crippen LogP contribution < -0.4 is 5.32 Å². The highest BCUT2D eigenvalue weighted by Gasteiger charge is 2.50. The summed E-state index contributed by atoms with van der Waals surface area (Å²) in [6.45, 7) is 3.99. The molecular formula is C21H28N4O. The van der Waals surface area contributed by atoms with Crippen molar-refractivity contribution in [2.75, 3.05) is 13.6 Å². The third-order valence-corrected chi connectivity index (χ3v) is 6.44. The Bertz CT molecular complexity index is 761. The quantitative estimate of drug-likeness (QED) is 0.899. The van der Waals surface area contributed by atoms with Crippen molar-refractivity contribution in [3.8, 4) is 0 Å². The van der Waals surface area contributed by atoms with E-state index in [1.807, 2.05) is 23.8 Å². The summed E-state index contributed by atoms with van der Waals surface area (Å²) in [6, 6.07) is 10.4. The maximum absolute atomic E-state index is 13.0. The SMILES string of the molecule is CCn1cnc(C(=O)NC(c2ccccc2)C23CCC(CC2)CN3C)c1. The summed E-state index contributed by atoms with van der Waals surface area (Å²) in [4.78, 5) is 19.8. The fourth-order valence-electron chi connectivity index (χ4n) is 4.85. The van der Waals surface area contributed by atoms with Gasteiger partial charge in [0.05, 0.1) is 12.4 Å². The van der Waals surface area contributed by atoms with Crippen LogP contribution in [0.1, 0.15) is 54.7 Å². The van der Waals surface area contributed by atoms with Crippen LogP contribution in [-0.4, -0.2) is 39.5 Å². The zero-order valence-electron chi connectivity index (χ0n) is 15.7. The van der Waals surface area contributed by atoms with Crippen LogP contribution >= 0.6 is 0 Å². The molecule has 3 heterocycles. The molecule has 1 atom stereocenters. The third kappa shape index (κ3) is 2.94. The zero-order valence-corrected chi connectivity index (χ0v) is 15.7. The minimum Gasteiger partial charge on any atom is -0.342 e. The molecule has 1 N–H and O–H groups in total. The molecule has 1 saturated carbocycles. The molecule has 2 aliphatic heterocycles. The van der Waals surface area contributed by atoms with E-state index in [9.17, 15) is 4.79 Å². The van der Waals surface area contributed by atoms with Gasteiger partial charge in [-0.05, 0) is 51.1 Å². The van der Waals surface area contributed by atoms with Gasteiger partial charge in [-0.25, -0.2) is 4.98 Å². The number of carbonyl (C=O) groups excluding carboxylic acids is 1. The van der Waals surface area contributed by atoms with Gasteiger partial charge >= 0.3 is 0 Å². The highest BCUT2D eigenvalue weighted by atomic mass is 16.2. The van der Waals surface area contributed by atoms with Crippen molar-refractivity contribution in [1.82, 2.24) is 19.8 Å². The number of fused-ring (bicyclic) bond motifs is 3. The molecule has 3 aliphatic rings. The second kappa shape index (κ2) is 6.88. The number of nitrogens with zero attached hydrogens (tertiary/aromatic N) is 3. The number of benzene rings is 1. The molecule has 2 saturated heterocycles. The van der Waals surface area contributed by atoms with E-state index in [-0.39, 0.29) is 17.5 Å². The lowest BCUT2D eigenvalue weighted by Crippen LogP contribution is -2.62. The van der Waals surface area contributed by atoms with Crippen molar-refractivity contribution in [1.29, 1.82) is 0 Å². The molecule has 26 heavy (non-hydrogen) atoms. The molecule has 138 valence electrons. The van der Waals surface area contributed by atoms with Gasteiger partial charge in [0.25, 0.3) is 5.91 Å². The van der Waals surface area contributed by atoms with Gasteiger partial charge in [-0.2, -0.15) is 0 Å². The van der Waals surface area contributed by atoms with Gasteiger partial charge in [0.2, 0.25) is 0 Å². The van der Waals surface area contributed by atoms with Crippen LogP contribution in [0.4, 0.5) is 0 Å². The van der Waals surface area contributed by atoms with Crippen molar-refractivity contribution >= 4 is 5.91 Å². The van der Waals surface area contributed by atoms with Crippen molar-refractivity contribution in [2.45, 2.75) is 50.7 Å². The van der Waals surface area contributed by atoms with Crippen LogP contribution in [0.5, 0.6) is 0 Å². The summed E-state index contributed by atoms with van der Waals surface area (Å²) in [5.41, 5.74) is 1.68. The van der Waals surface area contributed by atoms with Gasteiger partial charge in [0.15, 0.2) is 0 Å². The first-order valence-electron chi connectivity index (χ1n) is 9.71. The van der Waals surface area contributed by atoms with Gasteiger partial charge in [0, 0.05) is 24.8 Å². The summed E-state index contributed by atoms with van der Waals surface area (Å²) < 4.78 is 1.93. The van der Waals surface area contributed by atoms with Crippen LogP contribution in [0.2, 0.25) is 0 Å². The molecule has 5 rings (SSSR count). The highest BCUT2D eigenvalue weighted by molar-refractivity contribution is 5.92. The predicted octanol–water partition coefficient (Wildman–Crippen LogP) is 3.25. The molecule has 5 nitrogen and oxygen atoms in total. The largest absolute Gasteiger partial charge is 0.342 e. The molecule has 0 spiro atoms. The molecular weight excluding hydrogens is 324 g/mol. The second-order valence-corrected chi connectivity index (χ2v) is 7.83. The molecule has 2 bridgehead atoms. The van der Waals surface area contributed by atoms with Crippen LogP contribution in [0.25, 0.3) is 0 Å². The number of aryl methyl sites for hydroxylation is 1. The molecule has 1 amide bonds. The maximum atomic E-state index is 13.0. The van der Waals surface area contributed by atoms with Gasteiger partial charge in [-0.1, -0.05) is 30.3 Å². The molecule has 1 unspecified atom stereocenters. The minimum atomic E-state index is -0.0819. The Morgan fingerprint density at radius 2 is 2.04 bits per heavy atom. The van der Waals surface area contributed by atoms with E-state index < -0.39 is 0 Å². The van der Waals surface area contributed by atoms with E-state index in [2.05, 4.69) is 46.5 Å². The Morgan fingerprint density at radius 1 is 1.31 bits per heavy atom. The predicted molar refractivity (Wildman–Crippen MR) is 102 cm³/mol. The number of aromatic nitrogens is 2. The molecule has 1 aromatic carbocycles. The maximum Gasteiger partial charge on any atom is 0.272 e. The van der Waals surface area contributed by atoms with Crippen LogP contribution in [0.15, 0.2) is 42.9 Å². The van der Waals surface area contributed by atoms with Gasteiger partial charge in [0.1, 0.15) is 5.69 Å². The lowest BCUT2D eigenvalue weighted by atomic mass is 9.66. The lowest BCUT2D eigenvalue weighted by Gasteiger charge is -2.57. The van der Waals surface area contributed by atoms with E-state index in [1.165, 1.54) is 18.4 Å². The Kier molecular flexibility index (Phi) is 4.57. The molecule has 1 aromatic heterocycles. The summed E-state index contributed by atoms with van der Waals surface area (Å²) in [5.74, 6) is 0.732. The Labute approximate surface area is 155 Å². The molecule has 2 aromatic rings. The molecule has 0 radical (unpaired) electrons. The van der Waals surface area contributed by atoms with E-state index in [0.717, 1.165) is 31.8 Å². The van der Waals surface area contributed by atoms with E-state index in [4.69, 9.17) is 0 Å². The number of nitrogens with one attached hydrogen (secondary N) is 1. The van der Waals surface area contributed by atoms with Crippen molar-refractivity contribution in [3.63, 3.8) is 0 Å². The fraction of sp³-hybridized carbons (Fsp3) is 0.524. The number of hydrogen-bond donors (Lipinski definition) is 1. The van der Waals surface area contributed by atoms with Gasteiger partial charge in [-0.3, -0.25) is 9.69 Å². The monoisotopic (exact) mass is 352 g/mol. The Balaban J connectivity index is 1.66. The zero-order chi connectivity index (χ0) is 18.1. The van der Waals surface area contributed by atoms with E-state index >= 15 is 0 Å². The first kappa shape index (κ1) is 17.3. The minimum absolute atomic E-state index is 0.000907. The van der Waals surface area contributed by atoms with Crippen molar-refractivity contribution in [2.24, 2.45) is 5.92 Å². The van der Waals surface area contributed by atoms with Gasteiger partial charge in [-0.15, -0.1) is 0 Å². The average Bonchev–Trinajstić information content (AvgIpc) is 3.17. The van der Waals surface area contributed by atoms with Crippen LogP contribution in [-0.2, 0) is 6.54 Å². The number of piperidine rings is 2. The summed E-state index contributed by atoms with van der Waals surface area (Å²) in [7, 11) is 2.22. The first-order valence-corrected chi connectivity index (χ1v) is 9.71. The Hall–Kier alpha value is -2.14. The fourth-order valence-corrected chi connectivity index (χ4v) is 4.85. The third-order valence-electron chi connectivity index (χ3n) is 6.44. The number of rotatable bonds is 5. The molecule has 5 heteroatoms. The highest BCUT2D eigenvalue weighted by Crippen LogP contribution is 2.48. The summed E-state index contributed by atoms with van der Waals surface area (Å²) in [5, 5.41) is 3.35. The lowest BCUT2D eigenvalue weighted by molar-refractivity contribution is -0.0404. The van der Waals surface area contributed by atoms with E-state index in [1.54, 1.807) is 6.33 Å². The Morgan fingerprint density at radius 3 is 2.65 bits per heavy atom.